The molecule has 15 heavy (non-hydrogen) atoms. The van der Waals surface area contributed by atoms with E-state index in [1.54, 1.807) is 0 Å². The van der Waals surface area contributed by atoms with E-state index in [1.165, 1.54) is 6.07 Å². The molecule has 0 radical (unpaired) electrons. The van der Waals surface area contributed by atoms with E-state index in [0.29, 0.717) is 5.69 Å². The number of aromatic nitrogens is 1. The molecule has 4 nitrogen and oxygen atoms in total. The molecule has 0 aliphatic carbocycles. The third kappa shape index (κ3) is 2.49. The van der Waals surface area contributed by atoms with Gasteiger partial charge in [-0.05, 0) is 0 Å². The molecule has 0 bridgehead atoms. The summed E-state index contributed by atoms with van der Waals surface area (Å²) in [6.45, 7) is 0. The van der Waals surface area contributed by atoms with Gasteiger partial charge in [0.25, 0.3) is 0 Å². The summed E-state index contributed by atoms with van der Waals surface area (Å²) in [7, 11) is 0. The van der Waals surface area contributed by atoms with Crippen LogP contribution < -0.4 is 24.0 Å². The first kappa shape index (κ1) is 11.6. The summed E-state index contributed by atoms with van der Waals surface area (Å²) in [5.41, 5.74) is 1.30. The molecule has 1 aromatic heterocycles. The number of aromatic carboxylic acids is 1. The van der Waals surface area contributed by atoms with Gasteiger partial charge >= 0.3 is 18.9 Å². The maximum absolute atomic E-state index is 10.4. The Morgan fingerprint density at radius 3 is 2.47 bits per heavy atom. The van der Waals surface area contributed by atoms with Crippen LogP contribution in [0.1, 0.15) is 10.6 Å². The van der Waals surface area contributed by atoms with E-state index < -0.39 is 5.97 Å². The Bertz CT molecular complexity index is 453. The fraction of sp³-hybridized carbons (Fsp3) is 0. The number of benzene rings is 1. The molecule has 0 aliphatic heterocycles. The van der Waals surface area contributed by atoms with Crippen LogP contribution in [0, 0.1) is 0 Å². The molecule has 2 aromatic rings. The van der Waals surface area contributed by atoms with Crippen molar-refractivity contribution >= 4 is 5.97 Å². The first-order valence-electron chi connectivity index (χ1n) is 4.01. The quantitative estimate of drug-likeness (QED) is 0.506. The van der Waals surface area contributed by atoms with Crippen molar-refractivity contribution in [1.82, 2.24) is 5.16 Å². The number of carbonyl (C=O) groups is 1. The van der Waals surface area contributed by atoms with Crippen LogP contribution in [0.5, 0.6) is 0 Å². The zero-order valence-corrected chi connectivity index (χ0v) is 8.14. The predicted octanol–water partition coefficient (Wildman–Crippen LogP) is -2.29. The molecule has 5 heteroatoms. The van der Waals surface area contributed by atoms with Crippen molar-refractivity contribution in [3.8, 4) is 11.3 Å². The normalized spacial score (nSPS) is 9.33. The Balaban J connectivity index is 0.00000112. The summed E-state index contributed by atoms with van der Waals surface area (Å²) in [5.74, 6) is -1.62. The Morgan fingerprint density at radius 1 is 1.27 bits per heavy atom. The van der Waals surface area contributed by atoms with Crippen LogP contribution in [-0.2, 0) is 0 Å². The zero-order chi connectivity index (χ0) is 9.97. The summed E-state index contributed by atoms with van der Waals surface area (Å²) in [5, 5.41) is 14.0. The number of carboxylic acid groups (broad SMARTS) is 1. The summed E-state index contributed by atoms with van der Waals surface area (Å²) in [6.07, 6.45) is 0. The second kappa shape index (κ2) is 4.83. The molecule has 0 atom stereocenters. The van der Waals surface area contributed by atoms with E-state index in [0.717, 1.165) is 5.56 Å². The largest absolute Gasteiger partial charge is 1.00 e. The Kier molecular flexibility index (Phi) is 3.72. The van der Waals surface area contributed by atoms with Crippen molar-refractivity contribution in [2.75, 3.05) is 0 Å². The third-order valence-corrected chi connectivity index (χ3v) is 1.78. The van der Waals surface area contributed by atoms with Crippen molar-refractivity contribution in [2.24, 2.45) is 0 Å². The molecule has 0 amide bonds. The van der Waals surface area contributed by atoms with E-state index in [1.807, 2.05) is 30.3 Å². The van der Waals surface area contributed by atoms with E-state index in [4.69, 9.17) is 0 Å². The monoisotopic (exact) mass is 195 g/mol. The summed E-state index contributed by atoms with van der Waals surface area (Å²) in [4.78, 5) is 10.4. The first-order chi connectivity index (χ1) is 6.77. The smallest absolute Gasteiger partial charge is 0.541 e. The number of carbonyl (C=O) groups excluding carboxylic acids is 1. The van der Waals surface area contributed by atoms with Gasteiger partial charge in [-0.3, -0.25) is 0 Å². The van der Waals surface area contributed by atoms with Crippen molar-refractivity contribution in [1.29, 1.82) is 0 Å². The van der Waals surface area contributed by atoms with Crippen LogP contribution in [0.15, 0.2) is 40.9 Å². The van der Waals surface area contributed by atoms with Gasteiger partial charge in [-0.25, -0.2) is 0 Å². The molecule has 70 valence electrons. The predicted molar refractivity (Wildman–Crippen MR) is 46.3 cm³/mol. The zero-order valence-electron chi connectivity index (χ0n) is 8.14. The SMILES string of the molecule is O=C([O-])c1cc(-c2ccccc2)no1.[Li+]. The van der Waals surface area contributed by atoms with Crippen LogP contribution >= 0.6 is 0 Å². The van der Waals surface area contributed by atoms with Gasteiger partial charge in [0.15, 0.2) is 5.76 Å². The number of rotatable bonds is 2. The molecule has 2 rings (SSSR count). The van der Waals surface area contributed by atoms with Crippen LogP contribution in [-0.4, -0.2) is 11.1 Å². The molecule has 0 saturated carbocycles. The van der Waals surface area contributed by atoms with Crippen molar-refractivity contribution in [2.45, 2.75) is 0 Å². The van der Waals surface area contributed by atoms with Gasteiger partial charge in [0.1, 0.15) is 11.7 Å². The fourth-order valence-corrected chi connectivity index (χ4v) is 1.12. The van der Waals surface area contributed by atoms with Crippen LogP contribution in [0.4, 0.5) is 0 Å². The molecule has 0 aliphatic rings. The molecular formula is C10H6LiNO3. The van der Waals surface area contributed by atoms with E-state index in [9.17, 15) is 9.90 Å². The van der Waals surface area contributed by atoms with Gasteiger partial charge in [0.2, 0.25) is 0 Å². The van der Waals surface area contributed by atoms with Crippen LogP contribution in [0.3, 0.4) is 0 Å². The van der Waals surface area contributed by atoms with Gasteiger partial charge < -0.3 is 14.4 Å². The standard InChI is InChI=1S/C10H7NO3.Li/c12-10(13)9-6-8(11-14-9)7-4-2-1-3-5-7;/h1-6H,(H,12,13);/q;+1/p-1. The van der Waals surface area contributed by atoms with Gasteiger partial charge in [0.05, 0.1) is 0 Å². The Morgan fingerprint density at radius 2 is 1.93 bits per heavy atom. The molecule has 0 saturated heterocycles. The molecular weight excluding hydrogens is 189 g/mol. The van der Waals surface area contributed by atoms with Gasteiger partial charge in [-0.2, -0.15) is 0 Å². The average molecular weight is 195 g/mol. The Labute approximate surface area is 98.1 Å². The van der Waals surface area contributed by atoms with Crippen LogP contribution in [0.2, 0.25) is 0 Å². The van der Waals surface area contributed by atoms with Crippen molar-refractivity contribution < 1.29 is 33.3 Å². The summed E-state index contributed by atoms with van der Waals surface area (Å²) < 4.78 is 4.57. The molecule has 0 unspecified atom stereocenters. The van der Waals surface area contributed by atoms with E-state index in [-0.39, 0.29) is 24.6 Å². The molecule has 0 spiro atoms. The number of carboxylic acids is 1. The minimum absolute atomic E-state index is 0. The number of hydrogen-bond acceptors (Lipinski definition) is 4. The van der Waals surface area contributed by atoms with Gasteiger partial charge in [-0.15, -0.1) is 0 Å². The maximum Gasteiger partial charge on any atom is 1.00 e. The average Bonchev–Trinajstić information content (AvgIpc) is 2.68. The molecule has 1 heterocycles. The second-order valence-corrected chi connectivity index (χ2v) is 2.73. The minimum atomic E-state index is -1.36. The molecule has 0 fully saturated rings. The number of nitrogens with zero attached hydrogens (tertiary/aromatic N) is 1. The first-order valence-corrected chi connectivity index (χ1v) is 4.01. The van der Waals surface area contributed by atoms with Crippen LogP contribution in [0.25, 0.3) is 11.3 Å². The van der Waals surface area contributed by atoms with E-state index in [2.05, 4.69) is 9.68 Å². The molecule has 1 aromatic carbocycles. The van der Waals surface area contributed by atoms with Crippen molar-refractivity contribution in [3.05, 3.63) is 42.2 Å². The molecule has 0 N–H and O–H groups in total. The minimum Gasteiger partial charge on any atom is -0.541 e. The van der Waals surface area contributed by atoms with Gasteiger partial charge in [-0.1, -0.05) is 35.5 Å². The summed E-state index contributed by atoms with van der Waals surface area (Å²) >= 11 is 0. The van der Waals surface area contributed by atoms with Crippen molar-refractivity contribution in [3.63, 3.8) is 0 Å². The van der Waals surface area contributed by atoms with Gasteiger partial charge in [0, 0.05) is 11.6 Å². The number of hydrogen-bond donors (Lipinski definition) is 0. The summed E-state index contributed by atoms with van der Waals surface area (Å²) in [6, 6.07) is 10.5. The third-order valence-electron chi connectivity index (χ3n) is 1.78. The maximum atomic E-state index is 10.4. The Hall–Kier alpha value is -1.50. The topological polar surface area (TPSA) is 66.2 Å². The fourth-order valence-electron chi connectivity index (χ4n) is 1.12. The second-order valence-electron chi connectivity index (χ2n) is 2.73. The van der Waals surface area contributed by atoms with E-state index >= 15 is 0 Å².